The molecule has 0 saturated heterocycles. The van der Waals surface area contributed by atoms with E-state index in [1.54, 1.807) is 0 Å². The Morgan fingerprint density at radius 3 is 1.17 bits per heavy atom. The van der Waals surface area contributed by atoms with E-state index in [9.17, 15) is 9.59 Å². The van der Waals surface area contributed by atoms with E-state index in [0.29, 0.717) is 0 Å². The van der Waals surface area contributed by atoms with Crippen LogP contribution in [0.25, 0.3) is 0 Å². The van der Waals surface area contributed by atoms with Gasteiger partial charge in [-0.15, -0.1) is 22.7 Å². The summed E-state index contributed by atoms with van der Waals surface area (Å²) in [6.45, 7) is 4.00. The number of halogens is 6. The summed E-state index contributed by atoms with van der Waals surface area (Å²) in [5.41, 5.74) is 0. The lowest BCUT2D eigenvalue weighted by Gasteiger charge is -1.99. The van der Waals surface area contributed by atoms with Crippen LogP contribution in [-0.4, -0.2) is 11.6 Å². The van der Waals surface area contributed by atoms with Gasteiger partial charge in [0.15, 0.2) is 11.6 Å². The Balaban J connectivity index is 0.00000139. The van der Waals surface area contributed by atoms with Crippen LogP contribution in [0.5, 0.6) is 0 Å². The molecular weight excluding hydrogens is 477 g/mol. The molecule has 2 nitrogen and oxygen atoms in total. The van der Waals surface area contributed by atoms with Crippen LogP contribution in [0.3, 0.4) is 0 Å². The number of Topliss-reactive ketones (excluding diaryl/α,β-unsaturated/α-hetero) is 2. The average Bonchev–Trinajstić information content (AvgIpc) is 2.99. The zero-order valence-corrected chi connectivity index (χ0v) is 18.5. The molecule has 24 heavy (non-hydrogen) atoms. The summed E-state index contributed by atoms with van der Waals surface area (Å²) < 4.78 is 0.474. The molecule has 10 heteroatoms. The van der Waals surface area contributed by atoms with E-state index < -0.39 is 0 Å². The van der Waals surface area contributed by atoms with Crippen LogP contribution < -0.4 is 0 Å². The molecule has 0 bridgehead atoms. The standard InChI is InChI=1S/C12H4Cl6O2S2.C2H6/c13-5-7(15)11(17)21-9(5)3(19)1-2-4(20)10-6(14)8(16)12(18)22-10;1-2/h1-2H2;1-2H3. The first kappa shape index (κ1) is 22.5. The Hall–Kier alpha value is 0.480. The second-order valence-electron chi connectivity index (χ2n) is 4.01. The minimum absolute atomic E-state index is 0.0464. The van der Waals surface area contributed by atoms with E-state index in [4.69, 9.17) is 69.6 Å². The van der Waals surface area contributed by atoms with Crippen LogP contribution >= 0.6 is 92.3 Å². The highest BCUT2D eigenvalue weighted by molar-refractivity contribution is 7.20. The minimum Gasteiger partial charge on any atom is -0.293 e. The normalized spacial score (nSPS) is 10.3. The highest BCUT2D eigenvalue weighted by Crippen LogP contribution is 2.42. The molecule has 0 fully saturated rings. The lowest BCUT2D eigenvalue weighted by molar-refractivity contribution is 0.0921. The van der Waals surface area contributed by atoms with Gasteiger partial charge in [-0.2, -0.15) is 0 Å². The molecule has 2 aromatic rings. The number of carbonyl (C=O) groups is 2. The third kappa shape index (κ3) is 5.01. The molecule has 0 aliphatic heterocycles. The first-order valence-electron chi connectivity index (χ1n) is 6.57. The number of ketones is 2. The number of hydrogen-bond acceptors (Lipinski definition) is 4. The van der Waals surface area contributed by atoms with Crippen molar-refractivity contribution in [3.63, 3.8) is 0 Å². The monoisotopic (exact) mass is 484 g/mol. The zero-order valence-electron chi connectivity index (χ0n) is 12.3. The van der Waals surface area contributed by atoms with E-state index in [0.717, 1.165) is 22.7 Å². The van der Waals surface area contributed by atoms with Crippen molar-refractivity contribution >= 4 is 104 Å². The van der Waals surface area contributed by atoms with E-state index in [-0.39, 0.29) is 62.9 Å². The van der Waals surface area contributed by atoms with Crippen LogP contribution in [0.4, 0.5) is 0 Å². The maximum atomic E-state index is 12.1. The first-order chi connectivity index (χ1) is 11.2. The van der Waals surface area contributed by atoms with Crippen molar-refractivity contribution in [2.24, 2.45) is 0 Å². The maximum absolute atomic E-state index is 12.1. The fraction of sp³-hybridized carbons (Fsp3) is 0.286. The van der Waals surface area contributed by atoms with Gasteiger partial charge in [0.05, 0.1) is 29.8 Å². The molecule has 0 radical (unpaired) electrons. The number of rotatable bonds is 5. The molecule has 0 unspecified atom stereocenters. The second-order valence-corrected chi connectivity index (χ2v) is 8.77. The Morgan fingerprint density at radius 1 is 0.667 bits per heavy atom. The van der Waals surface area contributed by atoms with Gasteiger partial charge in [-0.1, -0.05) is 83.5 Å². The van der Waals surface area contributed by atoms with E-state index in [1.807, 2.05) is 13.8 Å². The zero-order chi connectivity index (χ0) is 18.6. The summed E-state index contributed by atoms with van der Waals surface area (Å²) in [5.74, 6) is -0.635. The lowest BCUT2D eigenvalue weighted by atomic mass is 10.1. The fourth-order valence-corrected chi connectivity index (χ4v) is 5.12. The number of hydrogen-bond donors (Lipinski definition) is 0. The molecule has 0 atom stereocenters. The van der Waals surface area contributed by atoms with Gasteiger partial charge in [-0.05, 0) is 0 Å². The molecule has 0 aliphatic rings. The van der Waals surface area contributed by atoms with Gasteiger partial charge in [-0.3, -0.25) is 9.59 Å². The van der Waals surface area contributed by atoms with Crippen LogP contribution in [0, 0.1) is 0 Å². The molecule has 132 valence electrons. The van der Waals surface area contributed by atoms with Gasteiger partial charge in [0, 0.05) is 12.8 Å². The van der Waals surface area contributed by atoms with Crippen LogP contribution in [0.2, 0.25) is 28.8 Å². The Bertz CT molecular complexity index is 702. The smallest absolute Gasteiger partial charge is 0.174 e. The third-order valence-electron chi connectivity index (χ3n) is 2.60. The van der Waals surface area contributed by atoms with E-state index in [2.05, 4.69) is 0 Å². The summed E-state index contributed by atoms with van der Waals surface area (Å²) in [4.78, 5) is 24.7. The number of carbonyl (C=O) groups excluding carboxylic acids is 2. The summed E-state index contributed by atoms with van der Waals surface area (Å²) in [6.07, 6.45) is -0.0929. The van der Waals surface area contributed by atoms with Gasteiger partial charge in [0.25, 0.3) is 0 Å². The van der Waals surface area contributed by atoms with Gasteiger partial charge in [0.2, 0.25) is 0 Å². The lowest BCUT2D eigenvalue weighted by Crippen LogP contribution is -2.03. The molecular formula is C14H10Cl6O2S2. The van der Waals surface area contributed by atoms with Gasteiger partial charge in [-0.25, -0.2) is 0 Å². The molecule has 0 saturated carbocycles. The largest absolute Gasteiger partial charge is 0.293 e. The molecule has 0 aliphatic carbocycles. The summed E-state index contributed by atoms with van der Waals surface area (Å²) in [7, 11) is 0. The van der Waals surface area contributed by atoms with Gasteiger partial charge < -0.3 is 0 Å². The van der Waals surface area contributed by atoms with Crippen molar-refractivity contribution in [3.8, 4) is 0 Å². The van der Waals surface area contributed by atoms with E-state index in [1.165, 1.54) is 0 Å². The summed E-state index contributed by atoms with van der Waals surface area (Å²) in [6, 6.07) is 0. The van der Waals surface area contributed by atoms with Crippen LogP contribution in [-0.2, 0) is 0 Å². The molecule has 0 spiro atoms. The molecule has 0 aromatic carbocycles. The van der Waals surface area contributed by atoms with Gasteiger partial charge >= 0.3 is 0 Å². The Kier molecular flexibility index (Phi) is 9.37. The van der Waals surface area contributed by atoms with E-state index >= 15 is 0 Å². The average molecular weight is 487 g/mol. The highest BCUT2D eigenvalue weighted by atomic mass is 35.5. The molecule has 2 aromatic heterocycles. The van der Waals surface area contributed by atoms with Crippen LogP contribution in [0.15, 0.2) is 0 Å². The molecule has 0 amide bonds. The minimum atomic E-state index is -0.318. The first-order valence-corrected chi connectivity index (χ1v) is 10.5. The van der Waals surface area contributed by atoms with Crippen molar-refractivity contribution in [2.45, 2.75) is 26.7 Å². The van der Waals surface area contributed by atoms with Gasteiger partial charge in [0.1, 0.15) is 8.67 Å². The van der Waals surface area contributed by atoms with Crippen LogP contribution in [0.1, 0.15) is 46.0 Å². The highest BCUT2D eigenvalue weighted by Gasteiger charge is 2.23. The molecule has 2 rings (SSSR count). The Labute approximate surface area is 177 Å². The van der Waals surface area contributed by atoms with Crippen molar-refractivity contribution in [1.29, 1.82) is 0 Å². The van der Waals surface area contributed by atoms with Crippen molar-refractivity contribution in [2.75, 3.05) is 0 Å². The number of thiophene rings is 2. The predicted octanol–water partition coefficient (Wildman–Crippen LogP) is 8.60. The third-order valence-corrected chi connectivity index (χ3v) is 7.82. The van der Waals surface area contributed by atoms with Crippen molar-refractivity contribution < 1.29 is 9.59 Å². The summed E-state index contributed by atoms with van der Waals surface area (Å²) in [5, 5.41) is 0.495. The SMILES string of the molecule is CC.O=C(CCC(=O)c1sc(Cl)c(Cl)c1Cl)c1sc(Cl)c(Cl)c1Cl. The molecule has 0 N–H and O–H groups in total. The summed E-state index contributed by atoms with van der Waals surface area (Å²) >= 11 is 37.1. The quantitative estimate of drug-likeness (QED) is 0.396. The van der Waals surface area contributed by atoms with Crippen molar-refractivity contribution in [3.05, 3.63) is 38.5 Å². The molecule has 2 heterocycles. The topological polar surface area (TPSA) is 34.1 Å². The fourth-order valence-electron chi connectivity index (χ4n) is 1.54. The Morgan fingerprint density at radius 2 is 0.958 bits per heavy atom. The second kappa shape index (κ2) is 9.98. The maximum Gasteiger partial charge on any atom is 0.174 e. The predicted molar refractivity (Wildman–Crippen MR) is 108 cm³/mol. The van der Waals surface area contributed by atoms with Crippen molar-refractivity contribution in [1.82, 2.24) is 0 Å².